The van der Waals surface area contributed by atoms with Gasteiger partial charge in [-0.25, -0.2) is 4.79 Å². The number of nitrogens with zero attached hydrogens (tertiary/aromatic N) is 2. The Labute approximate surface area is 259 Å². The molecule has 0 fully saturated rings. The topological polar surface area (TPSA) is 94.1 Å². The number of hydrogen-bond donors (Lipinski definition) is 3. The van der Waals surface area contributed by atoms with Crippen LogP contribution in [0.1, 0.15) is 29.8 Å². The summed E-state index contributed by atoms with van der Waals surface area (Å²) in [6.45, 7) is 5.56. The standard InChI is InChI=1S/C36H40N4O4/c1-25-21-40(26(2)24-41)35(42)32-20-31(38-36(43)37-30-12-8-5-9-13-30)18-19-33(32)44-34(25)23-39(3)22-27-14-16-29(17-15-27)28-10-6-4-7-11-28/h4-20,25-26,34,41H,21-24H2,1-3H3,(H2,37,38,43)/t25-,26+,34-/m1/s1. The molecule has 1 aliphatic rings. The normalized spacial score (nSPS) is 17.2. The molecule has 0 aliphatic carbocycles. The predicted octanol–water partition coefficient (Wildman–Crippen LogP) is 6.35. The van der Waals surface area contributed by atoms with Crippen LogP contribution < -0.4 is 15.4 Å². The van der Waals surface area contributed by atoms with E-state index in [0.29, 0.717) is 35.8 Å². The van der Waals surface area contributed by atoms with E-state index in [1.165, 1.54) is 16.7 Å². The lowest BCUT2D eigenvalue weighted by Gasteiger charge is -2.38. The summed E-state index contributed by atoms with van der Waals surface area (Å²) < 4.78 is 6.54. The van der Waals surface area contributed by atoms with Crippen LogP contribution in [-0.4, -0.2) is 65.7 Å². The fourth-order valence-electron chi connectivity index (χ4n) is 5.45. The maximum atomic E-state index is 13.8. The summed E-state index contributed by atoms with van der Waals surface area (Å²) in [4.78, 5) is 30.3. The molecule has 3 N–H and O–H groups in total. The molecule has 1 heterocycles. The molecule has 8 heteroatoms. The van der Waals surface area contributed by atoms with Crippen molar-refractivity contribution < 1.29 is 19.4 Å². The highest BCUT2D eigenvalue weighted by Gasteiger charge is 2.33. The minimum atomic E-state index is -0.416. The number of nitrogens with one attached hydrogen (secondary N) is 2. The number of benzene rings is 4. The molecule has 5 rings (SSSR count). The zero-order chi connectivity index (χ0) is 31.1. The first-order valence-electron chi connectivity index (χ1n) is 15.0. The Bertz CT molecular complexity index is 1550. The fourth-order valence-corrected chi connectivity index (χ4v) is 5.45. The monoisotopic (exact) mass is 592 g/mol. The Morgan fingerprint density at radius 3 is 2.25 bits per heavy atom. The maximum absolute atomic E-state index is 13.8. The number of para-hydroxylation sites is 1. The van der Waals surface area contributed by atoms with Gasteiger partial charge in [-0.3, -0.25) is 9.69 Å². The van der Waals surface area contributed by atoms with Gasteiger partial charge in [0.25, 0.3) is 5.91 Å². The molecule has 44 heavy (non-hydrogen) atoms. The van der Waals surface area contributed by atoms with Crippen molar-refractivity contribution in [2.45, 2.75) is 32.5 Å². The zero-order valence-electron chi connectivity index (χ0n) is 25.4. The number of aliphatic hydroxyl groups is 1. The van der Waals surface area contributed by atoms with Gasteiger partial charge in [-0.2, -0.15) is 0 Å². The lowest BCUT2D eigenvalue weighted by atomic mass is 9.99. The third-order valence-corrected chi connectivity index (χ3v) is 7.96. The molecule has 0 unspecified atom stereocenters. The van der Waals surface area contributed by atoms with Gasteiger partial charge >= 0.3 is 6.03 Å². The Morgan fingerprint density at radius 2 is 1.57 bits per heavy atom. The summed E-state index contributed by atoms with van der Waals surface area (Å²) in [5.74, 6) is 0.209. The summed E-state index contributed by atoms with van der Waals surface area (Å²) in [6, 6.07) is 32.4. The van der Waals surface area contributed by atoms with E-state index in [1.807, 2.05) is 43.3 Å². The highest BCUT2D eigenvalue weighted by Crippen LogP contribution is 2.31. The Kier molecular flexibility index (Phi) is 9.94. The van der Waals surface area contributed by atoms with Crippen molar-refractivity contribution in [1.82, 2.24) is 9.80 Å². The molecule has 0 bridgehead atoms. The van der Waals surface area contributed by atoms with Gasteiger partial charge in [-0.1, -0.05) is 79.7 Å². The van der Waals surface area contributed by atoms with E-state index in [4.69, 9.17) is 4.74 Å². The largest absolute Gasteiger partial charge is 0.488 e. The number of amides is 3. The van der Waals surface area contributed by atoms with Crippen LogP contribution in [0.25, 0.3) is 11.1 Å². The molecular weight excluding hydrogens is 552 g/mol. The van der Waals surface area contributed by atoms with Crippen LogP contribution in [0, 0.1) is 5.92 Å². The minimum Gasteiger partial charge on any atom is -0.488 e. The van der Waals surface area contributed by atoms with Crippen molar-refractivity contribution in [3.05, 3.63) is 114 Å². The molecule has 0 saturated carbocycles. The number of hydrogen-bond acceptors (Lipinski definition) is 5. The summed E-state index contributed by atoms with van der Waals surface area (Å²) in [5, 5.41) is 15.6. The number of rotatable bonds is 9. The molecule has 0 aromatic heterocycles. The molecule has 0 spiro atoms. The number of urea groups is 1. The molecule has 0 radical (unpaired) electrons. The van der Waals surface area contributed by atoms with Gasteiger partial charge in [0.05, 0.1) is 18.2 Å². The van der Waals surface area contributed by atoms with Crippen molar-refractivity contribution in [1.29, 1.82) is 0 Å². The first kappa shape index (κ1) is 30.8. The molecule has 8 nitrogen and oxygen atoms in total. The molecule has 3 amide bonds. The van der Waals surface area contributed by atoms with Gasteiger partial charge in [0.2, 0.25) is 0 Å². The second kappa shape index (κ2) is 14.2. The van der Waals surface area contributed by atoms with Gasteiger partial charge in [0.1, 0.15) is 11.9 Å². The maximum Gasteiger partial charge on any atom is 0.323 e. The number of carbonyl (C=O) groups excluding carboxylic acids is 2. The van der Waals surface area contributed by atoms with Gasteiger partial charge in [0.15, 0.2) is 0 Å². The molecule has 4 aromatic carbocycles. The smallest absolute Gasteiger partial charge is 0.323 e. The first-order valence-corrected chi connectivity index (χ1v) is 15.0. The molecule has 3 atom stereocenters. The van der Waals surface area contributed by atoms with E-state index in [9.17, 15) is 14.7 Å². The van der Waals surface area contributed by atoms with Crippen LogP contribution in [-0.2, 0) is 6.54 Å². The van der Waals surface area contributed by atoms with Crippen LogP contribution in [0.15, 0.2) is 103 Å². The number of ether oxygens (including phenoxy) is 1. The van der Waals surface area contributed by atoms with E-state index >= 15 is 0 Å². The summed E-state index contributed by atoms with van der Waals surface area (Å²) in [5.41, 5.74) is 5.03. The average molecular weight is 593 g/mol. The second-order valence-corrected chi connectivity index (χ2v) is 11.5. The highest BCUT2D eigenvalue weighted by molar-refractivity contribution is 6.02. The van der Waals surface area contributed by atoms with Crippen LogP contribution in [0.3, 0.4) is 0 Å². The number of likely N-dealkylation sites (N-methyl/N-ethyl adjacent to an activating group) is 1. The predicted molar refractivity (Wildman–Crippen MR) is 175 cm³/mol. The number of anilines is 2. The van der Waals surface area contributed by atoms with Crippen molar-refractivity contribution in [3.8, 4) is 16.9 Å². The van der Waals surface area contributed by atoms with Crippen LogP contribution in [0.4, 0.5) is 16.2 Å². The van der Waals surface area contributed by atoms with E-state index in [0.717, 1.165) is 6.54 Å². The molecular formula is C36H40N4O4. The summed E-state index contributed by atoms with van der Waals surface area (Å²) >= 11 is 0. The van der Waals surface area contributed by atoms with Gasteiger partial charge in [0, 0.05) is 36.9 Å². The quantitative estimate of drug-likeness (QED) is 0.211. The molecule has 0 saturated heterocycles. The lowest BCUT2D eigenvalue weighted by Crippen LogP contribution is -2.49. The number of fused-ring (bicyclic) bond motifs is 1. The first-order chi connectivity index (χ1) is 21.3. The Balaban J connectivity index is 1.32. The van der Waals surface area contributed by atoms with Gasteiger partial charge in [-0.15, -0.1) is 0 Å². The SMILES string of the molecule is C[C@@H]1CN([C@@H](C)CO)C(=O)c2cc(NC(=O)Nc3ccccc3)ccc2O[C@@H]1CN(C)Cc1ccc(-c2ccccc2)cc1. The van der Waals surface area contributed by atoms with Crippen molar-refractivity contribution in [2.75, 3.05) is 37.4 Å². The fraction of sp³-hybridized carbons (Fsp3) is 0.278. The van der Waals surface area contributed by atoms with E-state index in [1.54, 1.807) is 35.2 Å². The van der Waals surface area contributed by atoms with Crippen LogP contribution >= 0.6 is 0 Å². The average Bonchev–Trinajstić information content (AvgIpc) is 3.04. The minimum absolute atomic E-state index is 0.00143. The number of aliphatic hydroxyl groups excluding tert-OH is 1. The number of carbonyl (C=O) groups is 2. The summed E-state index contributed by atoms with van der Waals surface area (Å²) in [7, 11) is 2.07. The third kappa shape index (κ3) is 7.64. The molecule has 228 valence electrons. The van der Waals surface area contributed by atoms with E-state index < -0.39 is 6.03 Å². The van der Waals surface area contributed by atoms with Crippen LogP contribution in [0.2, 0.25) is 0 Å². The molecule has 4 aromatic rings. The second-order valence-electron chi connectivity index (χ2n) is 11.5. The lowest BCUT2D eigenvalue weighted by molar-refractivity contribution is 0.0341. The van der Waals surface area contributed by atoms with Crippen molar-refractivity contribution in [2.24, 2.45) is 5.92 Å². The zero-order valence-corrected chi connectivity index (χ0v) is 25.4. The van der Waals surface area contributed by atoms with Crippen LogP contribution in [0.5, 0.6) is 5.75 Å². The van der Waals surface area contributed by atoms with E-state index in [2.05, 4.69) is 65.9 Å². The Morgan fingerprint density at radius 1 is 0.932 bits per heavy atom. The van der Waals surface area contributed by atoms with Crippen molar-refractivity contribution >= 4 is 23.3 Å². The molecule has 1 aliphatic heterocycles. The Hall–Kier alpha value is -4.66. The summed E-state index contributed by atoms with van der Waals surface area (Å²) in [6.07, 6.45) is -0.218. The van der Waals surface area contributed by atoms with Gasteiger partial charge < -0.3 is 25.4 Å². The highest BCUT2D eigenvalue weighted by atomic mass is 16.5. The van der Waals surface area contributed by atoms with Gasteiger partial charge in [-0.05, 0) is 61.0 Å². The third-order valence-electron chi connectivity index (χ3n) is 7.96. The van der Waals surface area contributed by atoms with Crippen molar-refractivity contribution in [3.63, 3.8) is 0 Å². The van der Waals surface area contributed by atoms with E-state index in [-0.39, 0.29) is 30.6 Å².